The van der Waals surface area contributed by atoms with Crippen LogP contribution in [0.15, 0.2) is 12.1 Å². The van der Waals surface area contributed by atoms with Crippen LogP contribution in [0.3, 0.4) is 0 Å². The first-order chi connectivity index (χ1) is 6.67. The van der Waals surface area contributed by atoms with Crippen molar-refractivity contribution in [2.75, 3.05) is 6.61 Å². The van der Waals surface area contributed by atoms with Gasteiger partial charge in [-0.05, 0) is 25.5 Å². The summed E-state index contributed by atoms with van der Waals surface area (Å²) in [6.07, 6.45) is 0.931. The van der Waals surface area contributed by atoms with Gasteiger partial charge in [-0.2, -0.15) is 0 Å². The summed E-state index contributed by atoms with van der Waals surface area (Å²) in [6.45, 7) is 4.32. The van der Waals surface area contributed by atoms with Gasteiger partial charge in [-0.1, -0.05) is 18.5 Å². The Morgan fingerprint density at radius 1 is 1.57 bits per heavy atom. The van der Waals surface area contributed by atoms with Gasteiger partial charge in [0, 0.05) is 17.0 Å². The Hall–Kier alpha value is -0.0900. The summed E-state index contributed by atoms with van der Waals surface area (Å²) in [4.78, 5) is 1.21. The predicted molar refractivity (Wildman–Crippen MR) is 62.0 cm³/mol. The zero-order chi connectivity index (χ0) is 10.6. The van der Waals surface area contributed by atoms with Gasteiger partial charge >= 0.3 is 0 Å². The van der Waals surface area contributed by atoms with Gasteiger partial charge in [0.15, 0.2) is 0 Å². The van der Waals surface area contributed by atoms with Crippen LogP contribution in [0, 0.1) is 0 Å². The van der Waals surface area contributed by atoms with Crippen LogP contribution in [-0.2, 0) is 0 Å². The smallest absolute Gasteiger partial charge is 0.0931 e. The first kappa shape index (κ1) is 12.0. The molecular weight excluding hydrogens is 218 g/mol. The second-order valence-corrected chi connectivity index (χ2v) is 5.06. The van der Waals surface area contributed by atoms with Crippen molar-refractivity contribution in [3.05, 3.63) is 21.3 Å². The van der Waals surface area contributed by atoms with E-state index in [9.17, 15) is 0 Å². The summed E-state index contributed by atoms with van der Waals surface area (Å²) in [7, 11) is 0. The highest BCUT2D eigenvalue weighted by molar-refractivity contribution is 7.16. The molecule has 0 fully saturated rings. The lowest BCUT2D eigenvalue weighted by Crippen LogP contribution is -2.33. The van der Waals surface area contributed by atoms with E-state index in [0.29, 0.717) is 0 Å². The summed E-state index contributed by atoms with van der Waals surface area (Å²) in [5, 5.41) is 12.4. The van der Waals surface area contributed by atoms with Crippen molar-refractivity contribution in [3.63, 3.8) is 0 Å². The van der Waals surface area contributed by atoms with E-state index in [1.165, 1.54) is 4.88 Å². The van der Waals surface area contributed by atoms with E-state index in [-0.39, 0.29) is 18.7 Å². The summed E-state index contributed by atoms with van der Waals surface area (Å²) >= 11 is 7.43. The molecule has 1 heterocycles. The third-order valence-electron chi connectivity index (χ3n) is 2.22. The van der Waals surface area contributed by atoms with Gasteiger partial charge in [0.05, 0.1) is 10.9 Å². The van der Waals surface area contributed by atoms with E-state index >= 15 is 0 Å². The van der Waals surface area contributed by atoms with Crippen LogP contribution in [0.2, 0.25) is 4.34 Å². The van der Waals surface area contributed by atoms with Gasteiger partial charge in [0.1, 0.15) is 0 Å². The molecule has 0 aliphatic carbocycles. The molecule has 2 N–H and O–H groups in total. The molecule has 80 valence electrons. The minimum atomic E-state index is 0.172. The predicted octanol–water partition coefficient (Wildman–Crippen LogP) is 2.82. The fourth-order valence-electron chi connectivity index (χ4n) is 1.30. The molecular formula is C10H16ClNOS. The van der Waals surface area contributed by atoms with Crippen molar-refractivity contribution in [2.24, 2.45) is 0 Å². The first-order valence-electron chi connectivity index (χ1n) is 4.79. The minimum absolute atomic E-state index is 0.172. The van der Waals surface area contributed by atoms with Gasteiger partial charge in [0.2, 0.25) is 0 Å². The second kappa shape index (κ2) is 5.71. The van der Waals surface area contributed by atoms with Crippen molar-refractivity contribution >= 4 is 22.9 Å². The third-order valence-corrected chi connectivity index (χ3v) is 3.63. The summed E-state index contributed by atoms with van der Waals surface area (Å²) in [5.74, 6) is 0. The van der Waals surface area contributed by atoms with Gasteiger partial charge in [-0.25, -0.2) is 0 Å². The van der Waals surface area contributed by atoms with Crippen molar-refractivity contribution < 1.29 is 5.11 Å². The van der Waals surface area contributed by atoms with Crippen molar-refractivity contribution in [2.45, 2.75) is 32.4 Å². The maximum absolute atomic E-state index is 9.04. The van der Waals surface area contributed by atoms with Crippen LogP contribution in [-0.4, -0.2) is 17.8 Å². The molecule has 0 aliphatic heterocycles. The van der Waals surface area contributed by atoms with Crippen LogP contribution < -0.4 is 5.32 Å². The zero-order valence-electron chi connectivity index (χ0n) is 8.46. The number of hydrogen-bond acceptors (Lipinski definition) is 3. The molecule has 1 aromatic rings. The molecule has 0 bridgehead atoms. The lowest BCUT2D eigenvalue weighted by molar-refractivity contribution is 0.230. The Bertz CT molecular complexity index is 273. The number of rotatable bonds is 5. The van der Waals surface area contributed by atoms with E-state index in [4.69, 9.17) is 16.7 Å². The normalized spacial score (nSPS) is 15.4. The average molecular weight is 234 g/mol. The number of aliphatic hydroxyl groups is 1. The number of hydrogen-bond donors (Lipinski definition) is 2. The maximum atomic E-state index is 9.04. The number of thiophene rings is 1. The highest BCUT2D eigenvalue weighted by Gasteiger charge is 2.12. The maximum Gasteiger partial charge on any atom is 0.0931 e. The Labute approximate surface area is 93.9 Å². The summed E-state index contributed by atoms with van der Waals surface area (Å²) in [6, 6.07) is 4.35. The third kappa shape index (κ3) is 3.24. The van der Waals surface area contributed by atoms with Crippen molar-refractivity contribution in [1.29, 1.82) is 0 Å². The van der Waals surface area contributed by atoms with Gasteiger partial charge in [0.25, 0.3) is 0 Å². The van der Waals surface area contributed by atoms with Crippen LogP contribution in [0.1, 0.15) is 31.2 Å². The second-order valence-electron chi connectivity index (χ2n) is 3.32. The van der Waals surface area contributed by atoms with Gasteiger partial charge in [-0.3, -0.25) is 0 Å². The van der Waals surface area contributed by atoms with E-state index in [1.54, 1.807) is 11.3 Å². The molecule has 0 aromatic carbocycles. The van der Waals surface area contributed by atoms with Crippen LogP contribution >= 0.6 is 22.9 Å². The van der Waals surface area contributed by atoms with Gasteiger partial charge in [-0.15, -0.1) is 11.3 Å². The topological polar surface area (TPSA) is 32.3 Å². The van der Waals surface area contributed by atoms with Crippen LogP contribution in [0.5, 0.6) is 0 Å². The van der Waals surface area contributed by atoms with Crippen LogP contribution in [0.25, 0.3) is 0 Å². The fraction of sp³-hybridized carbons (Fsp3) is 0.600. The van der Waals surface area contributed by atoms with Gasteiger partial charge < -0.3 is 10.4 Å². The Kier molecular flexibility index (Phi) is 4.89. The molecule has 4 heteroatoms. The number of aliphatic hydroxyl groups excluding tert-OH is 1. The van der Waals surface area contributed by atoms with Crippen molar-refractivity contribution in [3.8, 4) is 0 Å². The minimum Gasteiger partial charge on any atom is -0.395 e. The largest absolute Gasteiger partial charge is 0.395 e. The van der Waals surface area contributed by atoms with E-state index in [0.717, 1.165) is 10.8 Å². The number of nitrogens with one attached hydrogen (secondary N) is 1. The monoisotopic (exact) mass is 233 g/mol. The molecule has 2 atom stereocenters. The molecule has 1 rings (SSSR count). The average Bonchev–Trinajstić information content (AvgIpc) is 2.61. The zero-order valence-corrected chi connectivity index (χ0v) is 10.0. The summed E-state index contributed by atoms with van der Waals surface area (Å²) in [5.41, 5.74) is 0. The SMILES string of the molecule is CC[C@H](CO)N[C@H](C)c1ccc(Cl)s1. The molecule has 0 aliphatic rings. The Balaban J connectivity index is 2.53. The highest BCUT2D eigenvalue weighted by Crippen LogP contribution is 2.26. The first-order valence-corrected chi connectivity index (χ1v) is 5.99. The van der Waals surface area contributed by atoms with E-state index in [1.807, 2.05) is 12.1 Å². The fourth-order valence-corrected chi connectivity index (χ4v) is 2.37. The lowest BCUT2D eigenvalue weighted by Gasteiger charge is -2.19. The molecule has 0 unspecified atom stereocenters. The standard InChI is InChI=1S/C10H16ClNOS/c1-3-8(6-13)12-7(2)9-4-5-10(11)14-9/h4-5,7-8,12-13H,3,6H2,1-2H3/t7-,8-/m1/s1. The highest BCUT2D eigenvalue weighted by atomic mass is 35.5. The quantitative estimate of drug-likeness (QED) is 0.820. The molecule has 0 amide bonds. The summed E-state index contributed by atoms with van der Waals surface area (Å²) < 4.78 is 0.811. The molecule has 14 heavy (non-hydrogen) atoms. The molecule has 0 saturated heterocycles. The van der Waals surface area contributed by atoms with E-state index in [2.05, 4.69) is 19.2 Å². The Morgan fingerprint density at radius 3 is 2.71 bits per heavy atom. The van der Waals surface area contributed by atoms with Crippen molar-refractivity contribution in [1.82, 2.24) is 5.32 Å². The van der Waals surface area contributed by atoms with E-state index < -0.39 is 0 Å². The molecule has 0 saturated carbocycles. The molecule has 0 radical (unpaired) electrons. The lowest BCUT2D eigenvalue weighted by atomic mass is 10.2. The molecule has 1 aromatic heterocycles. The molecule has 2 nitrogen and oxygen atoms in total. The Morgan fingerprint density at radius 2 is 2.29 bits per heavy atom. The number of halogens is 1. The molecule has 0 spiro atoms. The van der Waals surface area contributed by atoms with Crippen LogP contribution in [0.4, 0.5) is 0 Å².